The number of hydrogen-bond acceptors (Lipinski definition) is 0. The maximum atomic E-state index is 2.64. The Bertz CT molecular complexity index is 370. The van der Waals surface area contributed by atoms with Gasteiger partial charge in [-0.2, -0.15) is 0 Å². The molecule has 0 saturated heterocycles. The molecule has 0 nitrogen and oxygen atoms in total. The van der Waals surface area contributed by atoms with Crippen molar-refractivity contribution in [3.63, 3.8) is 0 Å². The van der Waals surface area contributed by atoms with Crippen molar-refractivity contribution in [1.29, 1.82) is 0 Å². The van der Waals surface area contributed by atoms with E-state index in [1.54, 1.807) is 12.8 Å². The predicted molar refractivity (Wildman–Crippen MR) is 67.0 cm³/mol. The molecule has 0 heteroatoms. The van der Waals surface area contributed by atoms with E-state index >= 15 is 0 Å². The molecule has 4 aliphatic rings. The molecule has 2 bridgehead atoms. The first-order chi connectivity index (χ1) is 7.40. The van der Waals surface area contributed by atoms with Gasteiger partial charge in [-0.25, -0.2) is 0 Å². The van der Waals surface area contributed by atoms with Crippen LogP contribution < -0.4 is 0 Å². The molecule has 0 aromatic rings. The van der Waals surface area contributed by atoms with Gasteiger partial charge in [0.1, 0.15) is 0 Å². The molecule has 0 aromatic carbocycles. The Hall–Kier alpha value is 0. The van der Waals surface area contributed by atoms with Crippen molar-refractivity contribution in [3.05, 3.63) is 0 Å². The molecular formula is C16H26. The molecule has 4 aliphatic carbocycles. The van der Waals surface area contributed by atoms with Gasteiger partial charge < -0.3 is 0 Å². The van der Waals surface area contributed by atoms with Crippen LogP contribution >= 0.6 is 0 Å². The van der Waals surface area contributed by atoms with Gasteiger partial charge in [0.25, 0.3) is 0 Å². The molecule has 1 spiro atoms. The molecule has 90 valence electrons. The summed E-state index contributed by atoms with van der Waals surface area (Å²) >= 11 is 0. The predicted octanol–water partition coefficient (Wildman–Crippen LogP) is 4.35. The molecule has 0 aromatic heterocycles. The van der Waals surface area contributed by atoms with Crippen LogP contribution in [0.2, 0.25) is 0 Å². The molecule has 4 fully saturated rings. The Balaban J connectivity index is 1.94. The summed E-state index contributed by atoms with van der Waals surface area (Å²) in [6.45, 7) is 13.0. The number of hydrogen-bond donors (Lipinski definition) is 0. The summed E-state index contributed by atoms with van der Waals surface area (Å²) in [6.07, 6.45) is 4.67. The van der Waals surface area contributed by atoms with E-state index < -0.39 is 0 Å². The van der Waals surface area contributed by atoms with E-state index in [-0.39, 0.29) is 0 Å². The molecule has 4 saturated carbocycles. The second kappa shape index (κ2) is 2.27. The van der Waals surface area contributed by atoms with Gasteiger partial charge in [0.05, 0.1) is 0 Å². The van der Waals surface area contributed by atoms with Gasteiger partial charge in [-0.05, 0) is 65.1 Å². The smallest absolute Gasteiger partial charge is 0.0204 e. The highest BCUT2D eigenvalue weighted by Gasteiger charge is 2.82. The van der Waals surface area contributed by atoms with Crippen LogP contribution in [0.4, 0.5) is 0 Å². The van der Waals surface area contributed by atoms with Crippen molar-refractivity contribution < 1.29 is 0 Å². The van der Waals surface area contributed by atoms with E-state index in [4.69, 9.17) is 0 Å². The third-order valence-electron chi connectivity index (χ3n) is 9.05. The zero-order chi connectivity index (χ0) is 11.5. The topological polar surface area (TPSA) is 0 Å². The van der Waals surface area contributed by atoms with Crippen molar-refractivity contribution in [2.24, 2.45) is 45.8 Å². The van der Waals surface area contributed by atoms with Gasteiger partial charge in [0.2, 0.25) is 0 Å². The zero-order valence-corrected chi connectivity index (χ0v) is 11.5. The standard InChI is InChI=1S/C16H26/c1-9-12-6-7-16(12)8-13-10(2)14(9,4)15(13,5)11(16)3/h9-13H,6-8H2,1-5H3. The molecule has 0 amide bonds. The molecule has 8 atom stereocenters. The maximum absolute atomic E-state index is 2.64. The lowest BCUT2D eigenvalue weighted by molar-refractivity contribution is -0.269. The second-order valence-electron chi connectivity index (χ2n) is 8.05. The summed E-state index contributed by atoms with van der Waals surface area (Å²) in [5, 5.41) is 0. The second-order valence-corrected chi connectivity index (χ2v) is 8.05. The van der Waals surface area contributed by atoms with Gasteiger partial charge in [0.15, 0.2) is 0 Å². The van der Waals surface area contributed by atoms with E-state index in [9.17, 15) is 0 Å². The quantitative estimate of drug-likeness (QED) is 0.567. The van der Waals surface area contributed by atoms with E-state index in [0.717, 1.165) is 35.0 Å². The Kier molecular flexibility index (Phi) is 1.41. The van der Waals surface area contributed by atoms with Gasteiger partial charge in [-0.15, -0.1) is 0 Å². The maximum Gasteiger partial charge on any atom is -0.0204 e. The molecule has 4 rings (SSSR count). The molecule has 0 N–H and O–H groups in total. The fourth-order valence-corrected chi connectivity index (χ4v) is 7.63. The van der Waals surface area contributed by atoms with Crippen molar-refractivity contribution in [3.8, 4) is 0 Å². The fraction of sp³-hybridized carbons (Fsp3) is 1.00. The summed E-state index contributed by atoms with van der Waals surface area (Å²) in [6, 6.07) is 0. The Morgan fingerprint density at radius 2 is 1.50 bits per heavy atom. The lowest BCUT2D eigenvalue weighted by atomic mass is 9.30. The molecular weight excluding hydrogens is 192 g/mol. The zero-order valence-electron chi connectivity index (χ0n) is 11.5. The van der Waals surface area contributed by atoms with Crippen LogP contribution in [0.5, 0.6) is 0 Å². The van der Waals surface area contributed by atoms with E-state index in [0.29, 0.717) is 10.8 Å². The lowest BCUT2D eigenvalue weighted by Gasteiger charge is -2.74. The third kappa shape index (κ3) is 0.578. The first-order valence-corrected chi connectivity index (χ1v) is 7.40. The van der Waals surface area contributed by atoms with Crippen molar-refractivity contribution in [2.75, 3.05) is 0 Å². The van der Waals surface area contributed by atoms with Gasteiger partial charge in [-0.1, -0.05) is 34.6 Å². The van der Waals surface area contributed by atoms with Crippen molar-refractivity contribution in [1.82, 2.24) is 0 Å². The van der Waals surface area contributed by atoms with E-state index in [1.807, 2.05) is 0 Å². The van der Waals surface area contributed by atoms with Gasteiger partial charge in [0, 0.05) is 0 Å². The van der Waals surface area contributed by atoms with Crippen LogP contribution in [0.3, 0.4) is 0 Å². The van der Waals surface area contributed by atoms with Crippen LogP contribution in [-0.4, -0.2) is 0 Å². The third-order valence-corrected chi connectivity index (χ3v) is 9.05. The first kappa shape index (κ1) is 9.97. The summed E-state index contributed by atoms with van der Waals surface area (Å²) in [7, 11) is 0. The highest BCUT2D eigenvalue weighted by atomic mass is 14.9. The summed E-state index contributed by atoms with van der Waals surface area (Å²) in [4.78, 5) is 0. The van der Waals surface area contributed by atoms with Crippen LogP contribution in [0.25, 0.3) is 0 Å². The van der Waals surface area contributed by atoms with E-state index in [2.05, 4.69) is 34.6 Å². The van der Waals surface area contributed by atoms with Gasteiger partial charge >= 0.3 is 0 Å². The van der Waals surface area contributed by atoms with Crippen molar-refractivity contribution >= 4 is 0 Å². The van der Waals surface area contributed by atoms with Crippen LogP contribution in [0.15, 0.2) is 0 Å². The first-order valence-electron chi connectivity index (χ1n) is 7.40. The SMILES string of the molecule is CC1C2CCC23CC2C(C)C1(C)C2(C)C3C. The lowest BCUT2D eigenvalue weighted by Crippen LogP contribution is -2.69. The van der Waals surface area contributed by atoms with Crippen LogP contribution in [-0.2, 0) is 0 Å². The van der Waals surface area contributed by atoms with E-state index in [1.165, 1.54) is 6.42 Å². The summed E-state index contributed by atoms with van der Waals surface area (Å²) in [5.41, 5.74) is 2.13. The van der Waals surface area contributed by atoms with Crippen molar-refractivity contribution in [2.45, 2.75) is 53.9 Å². The highest BCUT2D eigenvalue weighted by Crippen LogP contribution is 2.88. The molecule has 16 heavy (non-hydrogen) atoms. The Morgan fingerprint density at radius 1 is 0.875 bits per heavy atom. The normalized spacial score (nSPS) is 75.2. The Morgan fingerprint density at radius 3 is 2.06 bits per heavy atom. The highest BCUT2D eigenvalue weighted by molar-refractivity contribution is 5.30. The molecule has 0 heterocycles. The monoisotopic (exact) mass is 218 g/mol. The van der Waals surface area contributed by atoms with Gasteiger partial charge in [-0.3, -0.25) is 0 Å². The molecule has 0 aliphatic heterocycles. The molecule has 8 unspecified atom stereocenters. The minimum Gasteiger partial charge on any atom is -0.0617 e. The fourth-order valence-electron chi connectivity index (χ4n) is 7.63. The minimum atomic E-state index is 0.655. The molecule has 0 radical (unpaired) electrons. The Labute approximate surface area is 100 Å². The number of rotatable bonds is 0. The largest absolute Gasteiger partial charge is 0.0617 e. The van der Waals surface area contributed by atoms with Crippen LogP contribution in [0.1, 0.15) is 53.9 Å². The van der Waals surface area contributed by atoms with Crippen LogP contribution in [0, 0.1) is 45.8 Å². The average Bonchev–Trinajstić information content (AvgIpc) is 2.41. The minimum absolute atomic E-state index is 0.655. The summed E-state index contributed by atoms with van der Waals surface area (Å²) in [5.74, 6) is 5.10. The average molecular weight is 218 g/mol. The summed E-state index contributed by atoms with van der Waals surface area (Å²) < 4.78 is 0.